The van der Waals surface area contributed by atoms with Gasteiger partial charge in [-0.3, -0.25) is 0 Å². The third kappa shape index (κ3) is 5.40. The van der Waals surface area contributed by atoms with Crippen LogP contribution in [0.15, 0.2) is 179 Å². The molecule has 5 heteroatoms. The quantitative estimate of drug-likeness (QED) is 0.182. The number of hydrogen-bond donors (Lipinski definition) is 1. The number of aromatic nitrogens is 1. The Morgan fingerprint density at radius 3 is 1.41 bits per heavy atom. The van der Waals surface area contributed by atoms with E-state index in [0.717, 1.165) is 106 Å². The Bertz CT molecular complexity index is 3700. The number of rotatable bonds is 6. The number of furan rings is 2. The minimum Gasteiger partial charge on any atom is -0.454 e. The Kier molecular flexibility index (Phi) is 7.72. The number of nitrogens with one attached hydrogen (secondary N) is 1. The Labute approximate surface area is 352 Å². The van der Waals surface area contributed by atoms with Gasteiger partial charge in [0.1, 0.15) is 11.2 Å². The number of H-pyrrole nitrogens is 1. The maximum absolute atomic E-state index is 6.81. The lowest BCUT2D eigenvalue weighted by Crippen LogP contribution is -2.11. The van der Waals surface area contributed by atoms with Gasteiger partial charge < -0.3 is 23.6 Å². The normalized spacial score (nSPS) is 11.9. The van der Waals surface area contributed by atoms with Crippen molar-refractivity contribution in [1.82, 2.24) is 4.98 Å². The predicted octanol–water partition coefficient (Wildman–Crippen LogP) is 16.4. The van der Waals surface area contributed by atoms with Crippen molar-refractivity contribution >= 4 is 111 Å². The number of fused-ring (bicyclic) bond motifs is 11. The first kappa shape index (κ1) is 35.2. The maximum Gasteiger partial charge on any atom is 0.159 e. The third-order valence-electron chi connectivity index (χ3n) is 12.5. The summed E-state index contributed by atoms with van der Waals surface area (Å²) in [5.41, 5.74) is 16.5. The smallest absolute Gasteiger partial charge is 0.159 e. The summed E-state index contributed by atoms with van der Waals surface area (Å²) < 4.78 is 13.6. The highest BCUT2D eigenvalue weighted by molar-refractivity contribution is 6.24. The highest BCUT2D eigenvalue weighted by Crippen LogP contribution is 2.48. The van der Waals surface area contributed by atoms with Crippen molar-refractivity contribution in [3.8, 4) is 0 Å². The first-order chi connectivity index (χ1) is 29.9. The number of nitrogens with zero attached hydrogens (tertiary/aromatic N) is 2. The monoisotopic (exact) mass is 787 g/mol. The summed E-state index contributed by atoms with van der Waals surface area (Å²) in [5.74, 6) is 0. The Hall–Kier alpha value is -7.76. The molecule has 0 fully saturated rings. The molecule has 3 heterocycles. The molecule has 0 aliphatic heterocycles. The molecule has 12 rings (SSSR count). The highest BCUT2D eigenvalue weighted by Gasteiger charge is 2.25. The molecule has 5 nitrogen and oxygen atoms in total. The number of aryl methyl sites for hydroxylation is 4. The second-order valence-electron chi connectivity index (χ2n) is 16.5. The van der Waals surface area contributed by atoms with Crippen LogP contribution in [0.3, 0.4) is 0 Å². The zero-order valence-corrected chi connectivity index (χ0v) is 34.4. The number of hydrogen-bond acceptors (Lipinski definition) is 4. The number of anilines is 6. The van der Waals surface area contributed by atoms with Gasteiger partial charge in [0.15, 0.2) is 11.2 Å². The summed E-state index contributed by atoms with van der Waals surface area (Å²) in [5, 5.41) is 9.14. The highest BCUT2D eigenvalue weighted by atomic mass is 16.3. The minimum absolute atomic E-state index is 0.865. The summed E-state index contributed by atoms with van der Waals surface area (Å²) in [7, 11) is 0. The molecule has 0 aliphatic rings. The Morgan fingerprint density at radius 2 is 0.820 bits per heavy atom. The lowest BCUT2D eigenvalue weighted by Gasteiger charge is -2.27. The fraction of sp³-hybridized carbons (Fsp3) is 0.0714. The third-order valence-corrected chi connectivity index (χ3v) is 12.5. The second kappa shape index (κ2) is 13.4. The molecule has 9 aromatic carbocycles. The van der Waals surface area contributed by atoms with E-state index in [1.165, 1.54) is 27.3 Å². The average molecular weight is 788 g/mol. The van der Waals surface area contributed by atoms with Crippen molar-refractivity contribution in [2.24, 2.45) is 0 Å². The summed E-state index contributed by atoms with van der Waals surface area (Å²) >= 11 is 0. The summed E-state index contributed by atoms with van der Waals surface area (Å²) in [4.78, 5) is 8.61. The van der Waals surface area contributed by atoms with Crippen molar-refractivity contribution in [2.45, 2.75) is 27.7 Å². The molecule has 0 radical (unpaired) electrons. The maximum atomic E-state index is 6.81. The Balaban J connectivity index is 1.09. The zero-order valence-electron chi connectivity index (χ0n) is 34.4. The van der Waals surface area contributed by atoms with Crippen molar-refractivity contribution in [1.29, 1.82) is 0 Å². The van der Waals surface area contributed by atoms with Crippen LogP contribution in [0.4, 0.5) is 34.1 Å². The van der Waals surface area contributed by atoms with Gasteiger partial charge in [0, 0.05) is 65.8 Å². The molecule has 0 atom stereocenters. The first-order valence-electron chi connectivity index (χ1n) is 20.9. The molecule has 0 saturated carbocycles. The molecule has 292 valence electrons. The van der Waals surface area contributed by atoms with E-state index in [0.29, 0.717) is 0 Å². The number of aromatic amines is 1. The fourth-order valence-electron chi connectivity index (χ4n) is 9.54. The molecular formula is C56H41N3O2. The lowest BCUT2D eigenvalue weighted by atomic mass is 10.00. The lowest BCUT2D eigenvalue weighted by molar-refractivity contribution is 0.665. The molecule has 0 bridgehead atoms. The van der Waals surface area contributed by atoms with Crippen LogP contribution in [-0.2, 0) is 0 Å². The summed E-state index contributed by atoms with van der Waals surface area (Å²) in [6, 6.07) is 61.2. The van der Waals surface area contributed by atoms with Crippen LogP contribution in [0.5, 0.6) is 0 Å². The van der Waals surface area contributed by atoms with Crippen molar-refractivity contribution in [3.63, 3.8) is 0 Å². The molecule has 0 spiro atoms. The summed E-state index contributed by atoms with van der Waals surface area (Å²) in [6.07, 6.45) is 0. The molecule has 0 amide bonds. The van der Waals surface area contributed by atoms with Crippen molar-refractivity contribution in [2.75, 3.05) is 9.80 Å². The van der Waals surface area contributed by atoms with Crippen LogP contribution >= 0.6 is 0 Å². The molecule has 0 saturated heterocycles. The van der Waals surface area contributed by atoms with E-state index in [4.69, 9.17) is 8.83 Å². The number of benzene rings is 9. The SMILES string of the molecule is Cc1ccc(N(c2ccc3c(c2)[nH]c2cc(N(c4ccc(C)cc4)c4cccc5c4oc4c(C)cccc45)c4ccccc4c23)c2cccc3c2oc2c(C)cccc23)cc1. The van der Waals surface area contributed by atoms with Crippen LogP contribution in [0, 0.1) is 27.7 Å². The molecule has 1 N–H and O–H groups in total. The zero-order chi connectivity index (χ0) is 40.9. The van der Waals surface area contributed by atoms with E-state index in [1.807, 2.05) is 0 Å². The second-order valence-corrected chi connectivity index (χ2v) is 16.5. The van der Waals surface area contributed by atoms with Crippen LogP contribution in [-0.4, -0.2) is 4.98 Å². The molecule has 61 heavy (non-hydrogen) atoms. The average Bonchev–Trinajstić information content (AvgIpc) is 3.98. The standard InChI is InChI=1S/C56H41N3O2/c1-33-21-25-37(26-22-33)58(49-19-9-17-44-42-15-7-11-35(3)53(42)60-55(44)49)39-29-30-46-47(31-39)57-48-32-51(40-13-5-6-14-41(40)52(46)48)59(38-27-23-34(2)24-28-38)50-20-10-18-45-43-16-8-12-36(4)54(43)61-56(45)50/h5-32,57H,1-4H3. The van der Waals surface area contributed by atoms with Crippen LogP contribution < -0.4 is 9.80 Å². The number of para-hydroxylation sites is 4. The van der Waals surface area contributed by atoms with Gasteiger partial charge in [0.2, 0.25) is 0 Å². The van der Waals surface area contributed by atoms with Gasteiger partial charge in [-0.1, -0.05) is 126 Å². The van der Waals surface area contributed by atoms with E-state index >= 15 is 0 Å². The molecule has 12 aromatic rings. The van der Waals surface area contributed by atoms with Gasteiger partial charge in [-0.05, 0) is 98.8 Å². The van der Waals surface area contributed by atoms with E-state index < -0.39 is 0 Å². The minimum atomic E-state index is 0.865. The first-order valence-corrected chi connectivity index (χ1v) is 20.9. The molecule has 0 unspecified atom stereocenters. The van der Waals surface area contributed by atoms with E-state index in [-0.39, 0.29) is 0 Å². The van der Waals surface area contributed by atoms with Gasteiger partial charge >= 0.3 is 0 Å². The largest absolute Gasteiger partial charge is 0.454 e. The van der Waals surface area contributed by atoms with Gasteiger partial charge in [0.05, 0.1) is 17.1 Å². The topological polar surface area (TPSA) is 48.6 Å². The van der Waals surface area contributed by atoms with E-state index in [9.17, 15) is 0 Å². The van der Waals surface area contributed by atoms with E-state index in [1.54, 1.807) is 0 Å². The van der Waals surface area contributed by atoms with Gasteiger partial charge in [-0.2, -0.15) is 0 Å². The van der Waals surface area contributed by atoms with Gasteiger partial charge in [-0.15, -0.1) is 0 Å². The van der Waals surface area contributed by atoms with Crippen LogP contribution in [0.1, 0.15) is 22.3 Å². The van der Waals surface area contributed by atoms with Crippen molar-refractivity contribution < 1.29 is 8.83 Å². The van der Waals surface area contributed by atoms with Gasteiger partial charge in [-0.25, -0.2) is 0 Å². The van der Waals surface area contributed by atoms with Gasteiger partial charge in [0.25, 0.3) is 0 Å². The van der Waals surface area contributed by atoms with Crippen LogP contribution in [0.2, 0.25) is 0 Å². The summed E-state index contributed by atoms with van der Waals surface area (Å²) in [6.45, 7) is 8.49. The molecular weight excluding hydrogens is 747 g/mol. The molecule has 3 aromatic heterocycles. The van der Waals surface area contributed by atoms with Crippen LogP contribution in [0.25, 0.3) is 76.5 Å². The fourth-order valence-corrected chi connectivity index (χ4v) is 9.54. The van der Waals surface area contributed by atoms with Crippen molar-refractivity contribution in [3.05, 3.63) is 192 Å². The Morgan fingerprint density at radius 1 is 0.344 bits per heavy atom. The predicted molar refractivity (Wildman–Crippen MR) is 256 cm³/mol. The molecule has 0 aliphatic carbocycles. The van der Waals surface area contributed by atoms with E-state index in [2.05, 4.69) is 212 Å².